The van der Waals surface area contributed by atoms with Gasteiger partial charge < -0.3 is 19.4 Å². The van der Waals surface area contributed by atoms with Gasteiger partial charge in [0.2, 0.25) is 0 Å². The van der Waals surface area contributed by atoms with E-state index in [2.05, 4.69) is 20.2 Å². The summed E-state index contributed by atoms with van der Waals surface area (Å²) in [5.41, 5.74) is -0.477. The predicted molar refractivity (Wildman–Crippen MR) is 108 cm³/mol. The van der Waals surface area contributed by atoms with Crippen LogP contribution >= 0.6 is 0 Å². The van der Waals surface area contributed by atoms with Gasteiger partial charge in [-0.25, -0.2) is 14.8 Å². The molecular formula is C21H22N4O4. The highest BCUT2D eigenvalue weighted by Gasteiger charge is 2.17. The normalized spacial score (nSPS) is 14.0. The summed E-state index contributed by atoms with van der Waals surface area (Å²) in [6.07, 6.45) is 5.23. The van der Waals surface area contributed by atoms with Crippen molar-refractivity contribution in [1.82, 2.24) is 15.3 Å². The van der Waals surface area contributed by atoms with Crippen LogP contribution in [0.25, 0.3) is 11.0 Å². The van der Waals surface area contributed by atoms with Crippen LogP contribution in [0.5, 0.6) is 5.75 Å². The van der Waals surface area contributed by atoms with Crippen LogP contribution in [-0.4, -0.2) is 36.1 Å². The Morgan fingerprint density at radius 1 is 1.24 bits per heavy atom. The molecular weight excluding hydrogens is 372 g/mol. The van der Waals surface area contributed by atoms with Crippen LogP contribution < -0.4 is 20.6 Å². The number of anilines is 1. The molecule has 1 saturated heterocycles. The third-order valence-electron chi connectivity index (χ3n) is 4.97. The summed E-state index contributed by atoms with van der Waals surface area (Å²) in [6, 6.07) is 8.59. The number of methoxy groups -OCH3 is 1. The van der Waals surface area contributed by atoms with Gasteiger partial charge in [-0.2, -0.15) is 0 Å². The second-order valence-electron chi connectivity index (χ2n) is 6.89. The van der Waals surface area contributed by atoms with Gasteiger partial charge in [0.1, 0.15) is 17.2 Å². The number of nitrogens with zero attached hydrogens (tertiary/aromatic N) is 3. The van der Waals surface area contributed by atoms with E-state index in [0.717, 1.165) is 31.7 Å². The molecule has 8 nitrogen and oxygen atoms in total. The predicted octanol–water partition coefficient (Wildman–Crippen LogP) is 2.51. The van der Waals surface area contributed by atoms with E-state index in [-0.39, 0.29) is 12.1 Å². The first-order valence-electron chi connectivity index (χ1n) is 9.61. The lowest BCUT2D eigenvalue weighted by molar-refractivity contribution is 0.0946. The highest BCUT2D eigenvalue weighted by Crippen LogP contribution is 2.24. The molecule has 4 rings (SSSR count). The van der Waals surface area contributed by atoms with Crippen molar-refractivity contribution in [3.8, 4) is 5.75 Å². The third kappa shape index (κ3) is 4.06. The zero-order valence-electron chi connectivity index (χ0n) is 16.2. The maximum absolute atomic E-state index is 12.6. The van der Waals surface area contributed by atoms with Gasteiger partial charge in [-0.05, 0) is 37.5 Å². The summed E-state index contributed by atoms with van der Waals surface area (Å²) in [6.45, 7) is 2.07. The Labute approximate surface area is 167 Å². The Morgan fingerprint density at radius 2 is 2.07 bits per heavy atom. The molecule has 1 aromatic carbocycles. The van der Waals surface area contributed by atoms with Crippen molar-refractivity contribution in [3.05, 3.63) is 58.3 Å². The second kappa shape index (κ2) is 8.30. The number of para-hydroxylation sites is 1. The largest absolute Gasteiger partial charge is 0.493 e. The van der Waals surface area contributed by atoms with Crippen molar-refractivity contribution in [2.75, 3.05) is 25.1 Å². The Bertz CT molecular complexity index is 1090. The lowest BCUT2D eigenvalue weighted by Crippen LogP contribution is -2.31. The molecule has 8 heteroatoms. The van der Waals surface area contributed by atoms with Crippen LogP contribution in [0.1, 0.15) is 35.4 Å². The average molecular weight is 394 g/mol. The second-order valence-corrected chi connectivity index (χ2v) is 6.89. The van der Waals surface area contributed by atoms with E-state index in [9.17, 15) is 9.59 Å². The Hall–Kier alpha value is -3.42. The minimum atomic E-state index is -0.720. The number of rotatable bonds is 5. The molecule has 1 amide bonds. The standard InChI is InChI=1S/C21H22N4O4/c1-28-16-7-5-6-14-12-15(21(27)29-19(14)16)20(26)23-13-17-22-9-8-18(24-17)25-10-3-2-4-11-25/h5-9,12H,2-4,10-11,13H2,1H3,(H,23,26). The number of benzene rings is 1. The minimum Gasteiger partial charge on any atom is -0.493 e. The Morgan fingerprint density at radius 3 is 2.86 bits per heavy atom. The highest BCUT2D eigenvalue weighted by molar-refractivity contribution is 5.97. The van der Waals surface area contributed by atoms with E-state index in [1.165, 1.54) is 19.6 Å². The van der Waals surface area contributed by atoms with Gasteiger partial charge in [0.15, 0.2) is 11.3 Å². The molecule has 29 heavy (non-hydrogen) atoms. The number of ether oxygens (including phenoxy) is 1. The molecule has 1 aliphatic rings. The van der Waals surface area contributed by atoms with Crippen molar-refractivity contribution < 1.29 is 13.9 Å². The van der Waals surface area contributed by atoms with Gasteiger partial charge in [-0.15, -0.1) is 0 Å². The van der Waals surface area contributed by atoms with E-state index in [0.29, 0.717) is 22.5 Å². The fraction of sp³-hybridized carbons (Fsp3) is 0.333. The maximum atomic E-state index is 12.6. The number of carbonyl (C=O) groups excluding carboxylic acids is 1. The fourth-order valence-electron chi connectivity index (χ4n) is 3.46. The number of amides is 1. The van der Waals surface area contributed by atoms with Crippen molar-refractivity contribution in [2.45, 2.75) is 25.8 Å². The topological polar surface area (TPSA) is 97.6 Å². The first-order valence-corrected chi connectivity index (χ1v) is 9.61. The first kappa shape index (κ1) is 18.9. The van der Waals surface area contributed by atoms with Crippen molar-refractivity contribution in [1.29, 1.82) is 0 Å². The maximum Gasteiger partial charge on any atom is 0.349 e. The van der Waals surface area contributed by atoms with Crippen LogP contribution in [0, 0.1) is 0 Å². The van der Waals surface area contributed by atoms with Crippen LogP contribution in [0.2, 0.25) is 0 Å². The summed E-state index contributed by atoms with van der Waals surface area (Å²) in [7, 11) is 1.49. The molecule has 2 aromatic heterocycles. The highest BCUT2D eigenvalue weighted by atomic mass is 16.5. The van der Waals surface area contributed by atoms with Crippen molar-refractivity contribution in [2.24, 2.45) is 0 Å². The molecule has 1 N–H and O–H groups in total. The summed E-state index contributed by atoms with van der Waals surface area (Å²) < 4.78 is 10.5. The summed E-state index contributed by atoms with van der Waals surface area (Å²) >= 11 is 0. The first-order chi connectivity index (χ1) is 14.2. The molecule has 0 radical (unpaired) electrons. The third-order valence-corrected chi connectivity index (χ3v) is 4.97. The van der Waals surface area contributed by atoms with Gasteiger partial charge in [0.25, 0.3) is 5.91 Å². The molecule has 1 aliphatic heterocycles. The number of aromatic nitrogens is 2. The number of piperidine rings is 1. The Balaban J connectivity index is 1.50. The van der Waals surface area contributed by atoms with Crippen LogP contribution in [0.3, 0.4) is 0 Å². The molecule has 0 bridgehead atoms. The zero-order valence-corrected chi connectivity index (χ0v) is 16.2. The van der Waals surface area contributed by atoms with E-state index in [1.54, 1.807) is 24.4 Å². The summed E-state index contributed by atoms with van der Waals surface area (Å²) in [5.74, 6) is 1.26. The van der Waals surface area contributed by atoms with Crippen LogP contribution in [-0.2, 0) is 6.54 Å². The van der Waals surface area contributed by atoms with E-state index in [4.69, 9.17) is 9.15 Å². The van der Waals surface area contributed by atoms with Gasteiger partial charge in [0, 0.05) is 24.7 Å². The monoisotopic (exact) mass is 394 g/mol. The van der Waals surface area contributed by atoms with Gasteiger partial charge >= 0.3 is 5.63 Å². The summed E-state index contributed by atoms with van der Waals surface area (Å²) in [4.78, 5) is 35.8. The molecule has 0 aliphatic carbocycles. The lowest BCUT2D eigenvalue weighted by Gasteiger charge is -2.27. The molecule has 1 fully saturated rings. The molecule has 0 saturated carbocycles. The van der Waals surface area contributed by atoms with Gasteiger partial charge in [-0.3, -0.25) is 4.79 Å². The minimum absolute atomic E-state index is 0.0714. The number of hydrogen-bond donors (Lipinski definition) is 1. The van der Waals surface area contributed by atoms with E-state index in [1.807, 2.05) is 6.07 Å². The molecule has 3 aromatic rings. The smallest absolute Gasteiger partial charge is 0.349 e. The fourth-order valence-corrected chi connectivity index (χ4v) is 3.46. The number of carbonyl (C=O) groups is 1. The number of hydrogen-bond acceptors (Lipinski definition) is 7. The lowest BCUT2D eigenvalue weighted by atomic mass is 10.1. The molecule has 0 atom stereocenters. The van der Waals surface area contributed by atoms with Crippen molar-refractivity contribution in [3.63, 3.8) is 0 Å². The quantitative estimate of drug-likeness (QED) is 0.664. The Kier molecular flexibility index (Phi) is 5.41. The van der Waals surface area contributed by atoms with Crippen LogP contribution in [0.4, 0.5) is 5.82 Å². The summed E-state index contributed by atoms with van der Waals surface area (Å²) in [5, 5.41) is 3.31. The van der Waals surface area contributed by atoms with Crippen molar-refractivity contribution >= 4 is 22.7 Å². The SMILES string of the molecule is COc1cccc2cc(C(=O)NCc3nccc(N4CCCCC4)n3)c(=O)oc12. The molecule has 150 valence electrons. The van der Waals surface area contributed by atoms with Crippen LogP contribution in [0.15, 0.2) is 45.7 Å². The average Bonchev–Trinajstić information content (AvgIpc) is 2.77. The molecule has 0 unspecified atom stereocenters. The van der Waals surface area contributed by atoms with Gasteiger partial charge in [-0.1, -0.05) is 12.1 Å². The molecule has 0 spiro atoms. The number of fused-ring (bicyclic) bond motifs is 1. The van der Waals surface area contributed by atoms with E-state index < -0.39 is 11.5 Å². The molecule has 3 heterocycles. The number of nitrogens with one attached hydrogen (secondary N) is 1. The van der Waals surface area contributed by atoms with Gasteiger partial charge in [0.05, 0.1) is 13.7 Å². The van der Waals surface area contributed by atoms with E-state index >= 15 is 0 Å². The zero-order chi connectivity index (χ0) is 20.2.